The quantitative estimate of drug-likeness (QED) is 0.793. The molecule has 1 heterocycles. The molecule has 0 aromatic carbocycles. The molecule has 0 amide bonds. The summed E-state index contributed by atoms with van der Waals surface area (Å²) >= 11 is 0. The normalized spacial score (nSPS) is 10.6. The molecule has 0 spiro atoms. The Morgan fingerprint density at radius 1 is 1.44 bits per heavy atom. The van der Waals surface area contributed by atoms with Gasteiger partial charge >= 0.3 is 0 Å². The van der Waals surface area contributed by atoms with E-state index in [1.807, 2.05) is 20.0 Å². The van der Waals surface area contributed by atoms with Gasteiger partial charge in [0.2, 0.25) is 5.95 Å². The molecule has 0 unspecified atom stereocenters. The van der Waals surface area contributed by atoms with E-state index in [9.17, 15) is 0 Å². The maximum absolute atomic E-state index is 5.67. The standard InChI is InChI=1S/C11H21N5/c1-5-13-9-6-10(15-11(12)14-9)16(4)7-8(2)3/h6,8H,5,7H2,1-4H3,(H3,12,13,14,15). The van der Waals surface area contributed by atoms with Crippen molar-refractivity contribution in [2.75, 3.05) is 36.1 Å². The summed E-state index contributed by atoms with van der Waals surface area (Å²) in [5.41, 5.74) is 5.67. The Labute approximate surface area is 97.1 Å². The minimum absolute atomic E-state index is 0.309. The molecule has 90 valence electrons. The highest BCUT2D eigenvalue weighted by Crippen LogP contribution is 2.16. The summed E-state index contributed by atoms with van der Waals surface area (Å²) in [6, 6.07) is 1.92. The molecule has 5 nitrogen and oxygen atoms in total. The van der Waals surface area contributed by atoms with Crippen molar-refractivity contribution in [2.45, 2.75) is 20.8 Å². The van der Waals surface area contributed by atoms with Crippen LogP contribution in [0.4, 0.5) is 17.6 Å². The lowest BCUT2D eigenvalue weighted by atomic mass is 10.2. The highest BCUT2D eigenvalue weighted by Gasteiger charge is 2.07. The monoisotopic (exact) mass is 223 g/mol. The summed E-state index contributed by atoms with van der Waals surface area (Å²) in [5.74, 6) is 2.53. The maximum atomic E-state index is 5.67. The van der Waals surface area contributed by atoms with Gasteiger partial charge in [0.1, 0.15) is 11.6 Å². The average Bonchev–Trinajstić information content (AvgIpc) is 2.16. The number of hydrogen-bond donors (Lipinski definition) is 2. The van der Waals surface area contributed by atoms with Gasteiger partial charge < -0.3 is 16.0 Å². The Morgan fingerprint density at radius 3 is 2.69 bits per heavy atom. The van der Waals surface area contributed by atoms with Crippen molar-refractivity contribution >= 4 is 17.6 Å². The summed E-state index contributed by atoms with van der Waals surface area (Å²) in [6.07, 6.45) is 0. The Morgan fingerprint density at radius 2 is 2.12 bits per heavy atom. The molecule has 1 aromatic rings. The van der Waals surface area contributed by atoms with Gasteiger partial charge in [0, 0.05) is 26.2 Å². The molecular weight excluding hydrogens is 202 g/mol. The highest BCUT2D eigenvalue weighted by molar-refractivity contribution is 5.52. The Bertz CT molecular complexity index is 337. The lowest BCUT2D eigenvalue weighted by Gasteiger charge is -2.21. The predicted molar refractivity (Wildman–Crippen MR) is 68.7 cm³/mol. The van der Waals surface area contributed by atoms with E-state index in [1.165, 1.54) is 0 Å². The lowest BCUT2D eigenvalue weighted by Crippen LogP contribution is -2.24. The van der Waals surface area contributed by atoms with E-state index < -0.39 is 0 Å². The fourth-order valence-corrected chi connectivity index (χ4v) is 1.56. The second-order valence-electron chi connectivity index (χ2n) is 4.27. The average molecular weight is 223 g/mol. The first-order valence-electron chi connectivity index (χ1n) is 5.62. The second kappa shape index (κ2) is 5.53. The Balaban J connectivity index is 2.86. The van der Waals surface area contributed by atoms with E-state index in [1.54, 1.807) is 0 Å². The molecule has 0 atom stereocenters. The molecule has 0 aliphatic rings. The molecule has 0 bridgehead atoms. The number of anilines is 3. The van der Waals surface area contributed by atoms with Crippen LogP contribution in [0.15, 0.2) is 6.07 Å². The molecule has 3 N–H and O–H groups in total. The fourth-order valence-electron chi connectivity index (χ4n) is 1.56. The van der Waals surface area contributed by atoms with Crippen molar-refractivity contribution in [1.29, 1.82) is 0 Å². The zero-order valence-electron chi connectivity index (χ0n) is 10.5. The van der Waals surface area contributed by atoms with Crippen LogP contribution >= 0.6 is 0 Å². The number of nitrogens with two attached hydrogens (primary N) is 1. The summed E-state index contributed by atoms with van der Waals surface area (Å²) in [5, 5.41) is 3.14. The van der Waals surface area contributed by atoms with Crippen molar-refractivity contribution < 1.29 is 0 Å². The molecule has 0 radical (unpaired) electrons. The summed E-state index contributed by atoms with van der Waals surface area (Å²) in [6.45, 7) is 8.14. The zero-order valence-corrected chi connectivity index (χ0v) is 10.5. The molecule has 5 heteroatoms. The third kappa shape index (κ3) is 3.56. The lowest BCUT2D eigenvalue weighted by molar-refractivity contribution is 0.634. The fraction of sp³-hybridized carbons (Fsp3) is 0.636. The van der Waals surface area contributed by atoms with Gasteiger partial charge in [0.25, 0.3) is 0 Å². The largest absolute Gasteiger partial charge is 0.370 e. The van der Waals surface area contributed by atoms with Gasteiger partial charge in [-0.1, -0.05) is 13.8 Å². The van der Waals surface area contributed by atoms with Crippen molar-refractivity contribution in [3.8, 4) is 0 Å². The van der Waals surface area contributed by atoms with Crippen LogP contribution in [0.1, 0.15) is 20.8 Å². The number of rotatable bonds is 5. The van der Waals surface area contributed by atoms with E-state index in [-0.39, 0.29) is 0 Å². The third-order valence-corrected chi connectivity index (χ3v) is 2.12. The van der Waals surface area contributed by atoms with Gasteiger partial charge in [-0.05, 0) is 12.8 Å². The maximum Gasteiger partial charge on any atom is 0.223 e. The summed E-state index contributed by atoms with van der Waals surface area (Å²) in [4.78, 5) is 10.4. The van der Waals surface area contributed by atoms with E-state index >= 15 is 0 Å². The van der Waals surface area contributed by atoms with Crippen molar-refractivity contribution in [2.24, 2.45) is 5.92 Å². The molecular formula is C11H21N5. The van der Waals surface area contributed by atoms with Gasteiger partial charge in [-0.2, -0.15) is 9.97 Å². The number of nitrogen functional groups attached to an aromatic ring is 1. The van der Waals surface area contributed by atoms with Crippen LogP contribution in [0.3, 0.4) is 0 Å². The van der Waals surface area contributed by atoms with Crippen molar-refractivity contribution in [1.82, 2.24) is 9.97 Å². The van der Waals surface area contributed by atoms with Crippen LogP contribution in [0.2, 0.25) is 0 Å². The van der Waals surface area contributed by atoms with Crippen LogP contribution in [-0.2, 0) is 0 Å². The zero-order chi connectivity index (χ0) is 12.1. The second-order valence-corrected chi connectivity index (χ2v) is 4.27. The number of hydrogen-bond acceptors (Lipinski definition) is 5. The van der Waals surface area contributed by atoms with E-state index in [4.69, 9.17) is 5.73 Å². The van der Waals surface area contributed by atoms with Gasteiger partial charge in [0.05, 0.1) is 0 Å². The number of nitrogens with one attached hydrogen (secondary N) is 1. The summed E-state index contributed by atoms with van der Waals surface area (Å²) in [7, 11) is 2.01. The predicted octanol–water partition coefficient (Wildman–Crippen LogP) is 1.58. The molecule has 0 saturated carbocycles. The minimum Gasteiger partial charge on any atom is -0.370 e. The molecule has 0 fully saturated rings. The molecule has 0 saturated heterocycles. The topological polar surface area (TPSA) is 67.1 Å². The number of aromatic nitrogens is 2. The van der Waals surface area contributed by atoms with Crippen LogP contribution in [0, 0.1) is 5.92 Å². The van der Waals surface area contributed by atoms with Gasteiger partial charge in [-0.25, -0.2) is 0 Å². The highest BCUT2D eigenvalue weighted by atomic mass is 15.2. The van der Waals surface area contributed by atoms with E-state index in [2.05, 4.69) is 34.0 Å². The molecule has 16 heavy (non-hydrogen) atoms. The van der Waals surface area contributed by atoms with E-state index in [0.717, 1.165) is 24.7 Å². The van der Waals surface area contributed by atoms with Crippen LogP contribution in [0.5, 0.6) is 0 Å². The molecule has 0 aliphatic carbocycles. The first kappa shape index (κ1) is 12.5. The van der Waals surface area contributed by atoms with Crippen molar-refractivity contribution in [3.05, 3.63) is 6.07 Å². The van der Waals surface area contributed by atoms with Crippen molar-refractivity contribution in [3.63, 3.8) is 0 Å². The first-order chi connectivity index (χ1) is 7.52. The van der Waals surface area contributed by atoms with Crippen LogP contribution < -0.4 is 16.0 Å². The Hall–Kier alpha value is -1.52. The molecule has 0 aliphatic heterocycles. The third-order valence-electron chi connectivity index (χ3n) is 2.12. The number of nitrogens with zero attached hydrogens (tertiary/aromatic N) is 3. The van der Waals surface area contributed by atoms with Gasteiger partial charge in [-0.3, -0.25) is 0 Å². The van der Waals surface area contributed by atoms with Crippen LogP contribution in [-0.4, -0.2) is 30.1 Å². The van der Waals surface area contributed by atoms with Gasteiger partial charge in [-0.15, -0.1) is 0 Å². The first-order valence-corrected chi connectivity index (χ1v) is 5.62. The van der Waals surface area contributed by atoms with Crippen LogP contribution in [0.25, 0.3) is 0 Å². The Kier molecular flexibility index (Phi) is 4.34. The summed E-state index contributed by atoms with van der Waals surface area (Å²) < 4.78 is 0. The SMILES string of the molecule is CCNc1cc(N(C)CC(C)C)nc(N)n1. The smallest absolute Gasteiger partial charge is 0.223 e. The molecule has 1 rings (SSSR count). The van der Waals surface area contributed by atoms with Gasteiger partial charge in [0.15, 0.2) is 0 Å². The van der Waals surface area contributed by atoms with E-state index in [0.29, 0.717) is 11.9 Å². The molecule has 1 aromatic heterocycles. The minimum atomic E-state index is 0.309.